The monoisotopic (exact) mass is 366 g/mol. The fourth-order valence-corrected chi connectivity index (χ4v) is 3.92. The third kappa shape index (κ3) is 7.65. The van der Waals surface area contributed by atoms with Gasteiger partial charge >= 0.3 is 0 Å². The summed E-state index contributed by atoms with van der Waals surface area (Å²) in [5, 5.41) is 6.84. The van der Waals surface area contributed by atoms with Gasteiger partial charge in [-0.25, -0.2) is 4.39 Å². The zero-order valence-corrected chi connectivity index (χ0v) is 16.2. The van der Waals surface area contributed by atoms with E-state index in [9.17, 15) is 4.39 Å². The maximum absolute atomic E-state index is 12.9. The number of nitrogens with one attached hydrogen (secondary N) is 2. The molecule has 1 aromatic rings. The van der Waals surface area contributed by atoms with Gasteiger partial charge in [0.15, 0.2) is 5.96 Å². The van der Waals surface area contributed by atoms with Gasteiger partial charge in [0, 0.05) is 31.6 Å². The van der Waals surface area contributed by atoms with Gasteiger partial charge in [0.25, 0.3) is 0 Å². The first-order valence-corrected chi connectivity index (χ1v) is 10.2. The Hall–Kier alpha value is -1.27. The number of thioether (sulfide) groups is 1. The van der Waals surface area contributed by atoms with Crippen molar-refractivity contribution in [3.8, 4) is 0 Å². The van der Waals surface area contributed by atoms with Crippen LogP contribution in [0.4, 0.5) is 4.39 Å². The molecule has 0 aromatic heterocycles. The highest BCUT2D eigenvalue weighted by atomic mass is 32.2. The number of halogens is 1. The number of rotatable bonds is 8. The summed E-state index contributed by atoms with van der Waals surface area (Å²) < 4.78 is 12.9. The molecule has 6 heteroatoms. The van der Waals surface area contributed by atoms with E-state index in [0.29, 0.717) is 5.92 Å². The molecule has 1 saturated heterocycles. The molecule has 0 bridgehead atoms. The standard InChI is InChI=1S/C19H31FN4S/c1-3-24-12-4-6-16(15-24)14-23-19(21-2)22-11-5-13-25-18-9-7-17(20)8-10-18/h7-10,16H,3-6,11-15H2,1-2H3,(H2,21,22,23). The number of nitrogens with zero attached hydrogens (tertiary/aromatic N) is 2. The van der Waals surface area contributed by atoms with Crippen LogP contribution in [0.1, 0.15) is 26.2 Å². The summed E-state index contributed by atoms with van der Waals surface area (Å²) >= 11 is 1.75. The smallest absolute Gasteiger partial charge is 0.190 e. The van der Waals surface area contributed by atoms with Crippen molar-refractivity contribution in [3.63, 3.8) is 0 Å². The fraction of sp³-hybridized carbons (Fsp3) is 0.632. The Kier molecular flexibility index (Phi) is 9.11. The normalized spacial score (nSPS) is 19.0. The number of aliphatic imine (C=N–C) groups is 1. The van der Waals surface area contributed by atoms with E-state index in [1.165, 1.54) is 38.1 Å². The van der Waals surface area contributed by atoms with Gasteiger partial charge in [0.2, 0.25) is 0 Å². The number of hydrogen-bond donors (Lipinski definition) is 2. The zero-order valence-electron chi connectivity index (χ0n) is 15.4. The van der Waals surface area contributed by atoms with Crippen LogP contribution in [-0.2, 0) is 0 Å². The second-order valence-electron chi connectivity index (χ2n) is 6.44. The predicted molar refractivity (Wildman–Crippen MR) is 106 cm³/mol. The quantitative estimate of drug-likeness (QED) is 0.321. The van der Waals surface area contributed by atoms with Gasteiger partial charge in [-0.1, -0.05) is 6.92 Å². The largest absolute Gasteiger partial charge is 0.356 e. The SMILES string of the molecule is CCN1CCCC(CNC(=NC)NCCCSc2ccc(F)cc2)C1. The molecule has 25 heavy (non-hydrogen) atoms. The van der Waals surface area contributed by atoms with Crippen LogP contribution in [0.2, 0.25) is 0 Å². The molecule has 0 amide bonds. The molecule has 1 heterocycles. The van der Waals surface area contributed by atoms with Crippen LogP contribution in [0, 0.1) is 11.7 Å². The van der Waals surface area contributed by atoms with E-state index in [1.54, 1.807) is 11.8 Å². The highest BCUT2D eigenvalue weighted by molar-refractivity contribution is 7.99. The molecule has 0 spiro atoms. The molecule has 0 radical (unpaired) electrons. The molecule has 1 aliphatic heterocycles. The summed E-state index contributed by atoms with van der Waals surface area (Å²) in [6, 6.07) is 6.68. The summed E-state index contributed by atoms with van der Waals surface area (Å²) in [5.41, 5.74) is 0. The van der Waals surface area contributed by atoms with Crippen LogP contribution in [0.15, 0.2) is 34.2 Å². The lowest BCUT2D eigenvalue weighted by molar-refractivity contribution is 0.183. The van der Waals surface area contributed by atoms with Gasteiger partial charge < -0.3 is 15.5 Å². The molecule has 140 valence electrons. The first-order valence-electron chi connectivity index (χ1n) is 9.26. The van der Waals surface area contributed by atoms with E-state index < -0.39 is 0 Å². The highest BCUT2D eigenvalue weighted by Crippen LogP contribution is 2.18. The van der Waals surface area contributed by atoms with E-state index >= 15 is 0 Å². The number of guanidine groups is 1. The van der Waals surface area contributed by atoms with Gasteiger partial charge in [0.05, 0.1) is 0 Å². The first kappa shape index (κ1) is 20.0. The average Bonchev–Trinajstić information content (AvgIpc) is 2.65. The van der Waals surface area contributed by atoms with Crippen molar-refractivity contribution in [2.75, 3.05) is 45.5 Å². The van der Waals surface area contributed by atoms with Gasteiger partial charge in [0.1, 0.15) is 5.82 Å². The fourth-order valence-electron chi connectivity index (χ4n) is 3.07. The molecular weight excluding hydrogens is 335 g/mol. The second kappa shape index (κ2) is 11.4. The second-order valence-corrected chi connectivity index (χ2v) is 7.61. The van der Waals surface area contributed by atoms with Crippen LogP contribution in [0.5, 0.6) is 0 Å². The van der Waals surface area contributed by atoms with E-state index in [1.807, 2.05) is 19.2 Å². The number of piperidine rings is 1. The summed E-state index contributed by atoms with van der Waals surface area (Å²) in [6.45, 7) is 7.69. The Balaban J connectivity index is 1.58. The Morgan fingerprint density at radius 2 is 2.12 bits per heavy atom. The maximum atomic E-state index is 12.9. The third-order valence-corrected chi connectivity index (χ3v) is 5.63. The van der Waals surface area contributed by atoms with Gasteiger partial charge in [-0.05, 0) is 68.3 Å². The first-order chi connectivity index (χ1) is 12.2. The van der Waals surface area contributed by atoms with Gasteiger partial charge in [-0.15, -0.1) is 11.8 Å². The Bertz CT molecular complexity index is 521. The molecule has 1 unspecified atom stereocenters. The third-order valence-electron chi connectivity index (χ3n) is 4.53. The lowest BCUT2D eigenvalue weighted by atomic mass is 9.98. The molecule has 4 nitrogen and oxygen atoms in total. The summed E-state index contributed by atoms with van der Waals surface area (Å²) in [5.74, 6) is 2.42. The zero-order chi connectivity index (χ0) is 17.9. The molecule has 0 saturated carbocycles. The van der Waals surface area contributed by atoms with Crippen molar-refractivity contribution >= 4 is 17.7 Å². The molecule has 0 aliphatic carbocycles. The number of hydrogen-bond acceptors (Lipinski definition) is 3. The highest BCUT2D eigenvalue weighted by Gasteiger charge is 2.18. The maximum Gasteiger partial charge on any atom is 0.190 e. The van der Waals surface area contributed by atoms with Gasteiger partial charge in [-0.2, -0.15) is 0 Å². The molecule has 1 aromatic carbocycles. The minimum atomic E-state index is -0.180. The molecule has 1 fully saturated rings. The Morgan fingerprint density at radius 1 is 1.32 bits per heavy atom. The van der Waals surface area contributed by atoms with Gasteiger partial charge in [-0.3, -0.25) is 4.99 Å². The lowest BCUT2D eigenvalue weighted by Gasteiger charge is -2.32. The molecular formula is C19H31FN4S. The van der Waals surface area contributed by atoms with Crippen molar-refractivity contribution in [2.24, 2.45) is 10.9 Å². The molecule has 1 atom stereocenters. The van der Waals surface area contributed by atoms with Crippen LogP contribution in [0.25, 0.3) is 0 Å². The topological polar surface area (TPSA) is 39.7 Å². The van der Waals surface area contributed by atoms with Crippen molar-refractivity contribution in [2.45, 2.75) is 31.1 Å². The lowest BCUT2D eigenvalue weighted by Crippen LogP contribution is -2.44. The number of likely N-dealkylation sites (tertiary alicyclic amines) is 1. The van der Waals surface area contributed by atoms with Crippen LogP contribution >= 0.6 is 11.8 Å². The van der Waals surface area contributed by atoms with Crippen LogP contribution in [0.3, 0.4) is 0 Å². The molecule has 1 aliphatic rings. The minimum Gasteiger partial charge on any atom is -0.356 e. The average molecular weight is 367 g/mol. The number of benzene rings is 1. The van der Waals surface area contributed by atoms with Crippen molar-refractivity contribution < 1.29 is 4.39 Å². The molecule has 2 N–H and O–H groups in total. The van der Waals surface area contributed by atoms with E-state index in [4.69, 9.17) is 0 Å². The van der Waals surface area contributed by atoms with Crippen molar-refractivity contribution in [1.29, 1.82) is 0 Å². The summed E-state index contributed by atoms with van der Waals surface area (Å²) in [6.07, 6.45) is 3.64. The van der Waals surface area contributed by atoms with E-state index in [-0.39, 0.29) is 5.82 Å². The summed E-state index contributed by atoms with van der Waals surface area (Å²) in [4.78, 5) is 7.95. The predicted octanol–water partition coefficient (Wildman–Crippen LogP) is 3.20. The molecule has 2 rings (SSSR count). The Morgan fingerprint density at radius 3 is 2.84 bits per heavy atom. The van der Waals surface area contributed by atoms with Crippen LogP contribution in [-0.4, -0.2) is 56.4 Å². The van der Waals surface area contributed by atoms with E-state index in [0.717, 1.165) is 42.7 Å². The minimum absolute atomic E-state index is 0.180. The van der Waals surface area contributed by atoms with Crippen molar-refractivity contribution in [1.82, 2.24) is 15.5 Å². The van der Waals surface area contributed by atoms with Crippen molar-refractivity contribution in [3.05, 3.63) is 30.1 Å². The Labute approximate surface area is 155 Å². The van der Waals surface area contributed by atoms with E-state index in [2.05, 4.69) is 27.4 Å². The summed E-state index contributed by atoms with van der Waals surface area (Å²) in [7, 11) is 1.82. The van der Waals surface area contributed by atoms with Crippen LogP contribution < -0.4 is 10.6 Å².